The molecule has 3 N–H and O–H groups in total. The van der Waals surface area contributed by atoms with E-state index in [1.54, 1.807) is 45.7 Å². The first-order valence-corrected chi connectivity index (χ1v) is 10.4. The van der Waals surface area contributed by atoms with E-state index in [1.165, 1.54) is 0 Å². The van der Waals surface area contributed by atoms with Crippen molar-refractivity contribution in [3.05, 3.63) is 60.3 Å². The van der Waals surface area contributed by atoms with Crippen LogP contribution in [-0.4, -0.2) is 45.3 Å². The summed E-state index contributed by atoms with van der Waals surface area (Å²) in [6.07, 6.45) is 1.71. The highest BCUT2D eigenvalue weighted by Crippen LogP contribution is 2.43. The van der Waals surface area contributed by atoms with Crippen molar-refractivity contribution in [3.63, 3.8) is 0 Å². The Kier molecular flexibility index (Phi) is 6.46. The zero-order chi connectivity index (χ0) is 23.4. The summed E-state index contributed by atoms with van der Waals surface area (Å²) in [7, 11) is 4.78. The molecule has 0 aliphatic carbocycles. The molecule has 0 aliphatic rings. The Balaban J connectivity index is 1.87. The summed E-state index contributed by atoms with van der Waals surface area (Å²) in [6, 6.07) is 14.4. The standard InChI is InChI=1S/C25H25N3O5/c1-30-19-8-7-15(25(29)28-12-10-26)13-17(19)22-14-18-24(33-22)16(9-11-27-18)23-20(31-2)5-4-6-21(23)32-3/h4-9,11,13-14H,10,12,26H2,1-3H3,(H,28,29). The zero-order valence-electron chi connectivity index (χ0n) is 18.7. The maximum absolute atomic E-state index is 12.5. The van der Waals surface area contributed by atoms with Gasteiger partial charge < -0.3 is 29.7 Å². The average Bonchev–Trinajstić information content (AvgIpc) is 3.30. The number of benzene rings is 2. The fraction of sp³-hybridized carbons (Fsp3) is 0.200. The van der Waals surface area contributed by atoms with Crippen molar-refractivity contribution in [1.29, 1.82) is 0 Å². The molecule has 33 heavy (non-hydrogen) atoms. The van der Waals surface area contributed by atoms with Crippen LogP contribution in [0.1, 0.15) is 10.4 Å². The van der Waals surface area contributed by atoms with Gasteiger partial charge in [0.1, 0.15) is 28.5 Å². The van der Waals surface area contributed by atoms with Crippen LogP contribution >= 0.6 is 0 Å². The number of methoxy groups -OCH3 is 3. The maximum atomic E-state index is 12.5. The lowest BCUT2D eigenvalue weighted by molar-refractivity contribution is 0.0954. The number of ether oxygens (including phenoxy) is 3. The normalized spacial score (nSPS) is 10.8. The van der Waals surface area contributed by atoms with Gasteiger partial charge in [-0.05, 0) is 36.4 Å². The zero-order valence-corrected chi connectivity index (χ0v) is 18.7. The third-order valence-electron chi connectivity index (χ3n) is 5.27. The van der Waals surface area contributed by atoms with Gasteiger partial charge >= 0.3 is 0 Å². The Hall–Kier alpha value is -4.04. The van der Waals surface area contributed by atoms with Gasteiger partial charge in [-0.2, -0.15) is 0 Å². The van der Waals surface area contributed by atoms with E-state index in [-0.39, 0.29) is 5.91 Å². The number of nitrogens with two attached hydrogens (primary N) is 1. The van der Waals surface area contributed by atoms with Gasteiger partial charge in [0.05, 0.1) is 32.5 Å². The highest BCUT2D eigenvalue weighted by Gasteiger charge is 2.21. The number of carbonyl (C=O) groups is 1. The van der Waals surface area contributed by atoms with Crippen LogP contribution in [0.5, 0.6) is 17.2 Å². The predicted molar refractivity (Wildman–Crippen MR) is 126 cm³/mol. The Bertz CT molecular complexity index is 1280. The van der Waals surface area contributed by atoms with Gasteiger partial charge in [0, 0.05) is 36.5 Å². The van der Waals surface area contributed by atoms with Gasteiger partial charge in [0.25, 0.3) is 5.91 Å². The predicted octanol–water partition coefficient (Wildman–Crippen LogP) is 3.88. The molecule has 2 aromatic heterocycles. The van der Waals surface area contributed by atoms with Crippen LogP contribution in [0.25, 0.3) is 33.6 Å². The number of amides is 1. The van der Waals surface area contributed by atoms with Crippen LogP contribution in [0, 0.1) is 0 Å². The molecule has 1 amide bonds. The second-order valence-electron chi connectivity index (χ2n) is 7.18. The number of fused-ring (bicyclic) bond motifs is 1. The lowest BCUT2D eigenvalue weighted by atomic mass is 10.0. The molecule has 2 aromatic carbocycles. The van der Waals surface area contributed by atoms with Gasteiger partial charge in [0.2, 0.25) is 0 Å². The molecule has 8 nitrogen and oxygen atoms in total. The lowest BCUT2D eigenvalue weighted by Gasteiger charge is -2.13. The smallest absolute Gasteiger partial charge is 0.251 e. The van der Waals surface area contributed by atoms with E-state index >= 15 is 0 Å². The molecule has 2 heterocycles. The number of aromatic nitrogens is 1. The molecule has 0 spiro atoms. The van der Waals surface area contributed by atoms with Crippen molar-refractivity contribution in [2.45, 2.75) is 0 Å². The van der Waals surface area contributed by atoms with Gasteiger partial charge in [-0.15, -0.1) is 0 Å². The molecule has 0 atom stereocenters. The largest absolute Gasteiger partial charge is 0.496 e. The molecule has 170 valence electrons. The number of nitrogens with one attached hydrogen (secondary N) is 1. The Morgan fingerprint density at radius 2 is 1.70 bits per heavy atom. The second kappa shape index (κ2) is 9.62. The molecule has 4 rings (SSSR count). The highest BCUT2D eigenvalue weighted by molar-refractivity contribution is 5.98. The minimum absolute atomic E-state index is 0.224. The van der Waals surface area contributed by atoms with Crippen molar-refractivity contribution in [2.24, 2.45) is 5.73 Å². The van der Waals surface area contributed by atoms with Crippen molar-refractivity contribution in [3.8, 4) is 39.7 Å². The number of hydrogen-bond acceptors (Lipinski definition) is 7. The Labute approximate surface area is 191 Å². The van der Waals surface area contributed by atoms with E-state index in [9.17, 15) is 4.79 Å². The topological polar surface area (TPSA) is 109 Å². The Morgan fingerprint density at radius 1 is 0.970 bits per heavy atom. The van der Waals surface area contributed by atoms with Crippen LogP contribution < -0.4 is 25.3 Å². The molecule has 0 unspecified atom stereocenters. The number of rotatable bonds is 8. The second-order valence-corrected chi connectivity index (χ2v) is 7.18. The molecule has 0 saturated heterocycles. The molecule has 0 radical (unpaired) electrons. The van der Waals surface area contributed by atoms with Gasteiger partial charge in [-0.25, -0.2) is 0 Å². The van der Waals surface area contributed by atoms with Gasteiger partial charge in [0.15, 0.2) is 5.58 Å². The van der Waals surface area contributed by atoms with Crippen LogP contribution in [-0.2, 0) is 0 Å². The summed E-state index contributed by atoms with van der Waals surface area (Å²) < 4.78 is 23.0. The van der Waals surface area contributed by atoms with E-state index in [2.05, 4.69) is 10.3 Å². The maximum Gasteiger partial charge on any atom is 0.251 e. The molecule has 0 bridgehead atoms. The molecule has 0 saturated carbocycles. The van der Waals surface area contributed by atoms with Crippen molar-refractivity contribution in [2.75, 3.05) is 34.4 Å². The molecule has 0 aliphatic heterocycles. The number of hydrogen-bond donors (Lipinski definition) is 2. The fourth-order valence-corrected chi connectivity index (χ4v) is 3.71. The van der Waals surface area contributed by atoms with Gasteiger partial charge in [-0.1, -0.05) is 6.07 Å². The fourth-order valence-electron chi connectivity index (χ4n) is 3.71. The van der Waals surface area contributed by atoms with E-state index in [0.717, 1.165) is 11.1 Å². The summed E-state index contributed by atoms with van der Waals surface area (Å²) in [6.45, 7) is 0.748. The first kappa shape index (κ1) is 22.2. The summed E-state index contributed by atoms with van der Waals surface area (Å²) in [5, 5.41) is 2.77. The van der Waals surface area contributed by atoms with E-state index in [1.807, 2.05) is 30.3 Å². The van der Waals surface area contributed by atoms with Crippen molar-refractivity contribution in [1.82, 2.24) is 10.3 Å². The lowest BCUT2D eigenvalue weighted by Crippen LogP contribution is -2.28. The molecule has 0 fully saturated rings. The number of pyridine rings is 1. The van der Waals surface area contributed by atoms with Crippen LogP contribution in [0.3, 0.4) is 0 Å². The van der Waals surface area contributed by atoms with Crippen molar-refractivity contribution < 1.29 is 23.4 Å². The number of carbonyl (C=O) groups excluding carboxylic acids is 1. The van der Waals surface area contributed by atoms with Crippen LogP contribution in [0.15, 0.2) is 59.1 Å². The number of nitrogens with zero attached hydrogens (tertiary/aromatic N) is 1. The van der Waals surface area contributed by atoms with Crippen LogP contribution in [0.2, 0.25) is 0 Å². The third kappa shape index (κ3) is 4.20. The van der Waals surface area contributed by atoms with Crippen molar-refractivity contribution >= 4 is 17.0 Å². The third-order valence-corrected chi connectivity index (χ3v) is 5.27. The summed E-state index contributed by atoms with van der Waals surface area (Å²) >= 11 is 0. The monoisotopic (exact) mass is 447 g/mol. The summed E-state index contributed by atoms with van der Waals surface area (Å²) in [4.78, 5) is 16.9. The minimum atomic E-state index is -0.224. The molecule has 4 aromatic rings. The minimum Gasteiger partial charge on any atom is -0.496 e. The molecular formula is C25H25N3O5. The quantitative estimate of drug-likeness (QED) is 0.422. The summed E-state index contributed by atoms with van der Waals surface area (Å²) in [5.41, 5.74) is 9.35. The molecule has 8 heteroatoms. The first-order chi connectivity index (χ1) is 16.1. The SMILES string of the molecule is COc1ccc(C(=O)NCCN)cc1-c1cc2nccc(-c3c(OC)cccc3OC)c2o1. The average molecular weight is 447 g/mol. The van der Waals surface area contributed by atoms with E-state index in [4.69, 9.17) is 24.4 Å². The van der Waals surface area contributed by atoms with E-state index < -0.39 is 0 Å². The number of furan rings is 1. The summed E-state index contributed by atoms with van der Waals surface area (Å²) in [5.74, 6) is 2.16. The highest BCUT2D eigenvalue weighted by atomic mass is 16.5. The Morgan fingerprint density at radius 3 is 2.36 bits per heavy atom. The van der Waals surface area contributed by atoms with E-state index in [0.29, 0.717) is 58.3 Å². The van der Waals surface area contributed by atoms with Crippen LogP contribution in [0.4, 0.5) is 0 Å². The molecular weight excluding hydrogens is 422 g/mol. The first-order valence-electron chi connectivity index (χ1n) is 10.4. The van der Waals surface area contributed by atoms with Gasteiger partial charge in [-0.3, -0.25) is 9.78 Å².